The van der Waals surface area contributed by atoms with Crippen LogP contribution in [0.1, 0.15) is 45.4 Å². The second kappa shape index (κ2) is 5.31. The number of carbonyl (C=O) groups is 1. The van der Waals surface area contributed by atoms with Gasteiger partial charge in [-0.3, -0.25) is 0 Å². The lowest BCUT2D eigenvalue weighted by Crippen LogP contribution is -2.53. The summed E-state index contributed by atoms with van der Waals surface area (Å²) in [5, 5.41) is 0. The van der Waals surface area contributed by atoms with Gasteiger partial charge in [0.1, 0.15) is 0 Å². The minimum atomic E-state index is -0.110. The largest absolute Gasteiger partial charge is 0.450 e. The lowest BCUT2D eigenvalue weighted by molar-refractivity contribution is -0.00215. The van der Waals surface area contributed by atoms with Gasteiger partial charge in [-0.25, -0.2) is 4.79 Å². The molecule has 1 amide bonds. The fourth-order valence-corrected chi connectivity index (χ4v) is 4.12. The quantitative estimate of drug-likeness (QED) is 0.770. The number of rotatable bonds is 2. The summed E-state index contributed by atoms with van der Waals surface area (Å²) < 4.78 is 5.11. The number of nitrogens with zero attached hydrogens (tertiary/aromatic N) is 2. The van der Waals surface area contributed by atoms with Crippen LogP contribution in [-0.4, -0.2) is 54.7 Å². The Kier molecular flexibility index (Phi) is 3.70. The Bertz CT molecular complexity index is 333. The Morgan fingerprint density at radius 3 is 2.63 bits per heavy atom. The minimum absolute atomic E-state index is 0.110. The molecular weight excluding hydrogens is 240 g/mol. The third kappa shape index (κ3) is 2.60. The molecule has 0 unspecified atom stereocenters. The molecule has 1 aliphatic carbocycles. The number of carbonyl (C=O) groups excluding carboxylic acids is 1. The Labute approximate surface area is 116 Å². The van der Waals surface area contributed by atoms with Crippen molar-refractivity contribution < 1.29 is 9.53 Å². The monoisotopic (exact) mass is 266 g/mol. The lowest BCUT2D eigenvalue weighted by atomic mass is 9.64. The van der Waals surface area contributed by atoms with Gasteiger partial charge in [0.15, 0.2) is 0 Å². The maximum Gasteiger partial charge on any atom is 0.409 e. The molecule has 2 aliphatic heterocycles. The van der Waals surface area contributed by atoms with Crippen LogP contribution in [0, 0.1) is 5.41 Å². The summed E-state index contributed by atoms with van der Waals surface area (Å²) in [5.41, 5.74) is 0.425. The van der Waals surface area contributed by atoms with E-state index in [1.54, 1.807) is 0 Å². The molecular formula is C15H26N2O2. The van der Waals surface area contributed by atoms with Crippen LogP contribution in [0.2, 0.25) is 0 Å². The smallest absolute Gasteiger partial charge is 0.409 e. The summed E-state index contributed by atoms with van der Waals surface area (Å²) in [6.45, 7) is 6.77. The van der Waals surface area contributed by atoms with Crippen molar-refractivity contribution in [3.05, 3.63) is 0 Å². The Hall–Kier alpha value is -0.770. The van der Waals surface area contributed by atoms with Crippen LogP contribution in [0.15, 0.2) is 0 Å². The summed E-state index contributed by atoms with van der Waals surface area (Å²) in [6.07, 6.45) is 7.81. The van der Waals surface area contributed by atoms with Crippen molar-refractivity contribution in [2.45, 2.75) is 51.5 Å². The second-order valence-electron chi connectivity index (χ2n) is 6.53. The molecule has 3 fully saturated rings. The molecule has 108 valence electrons. The average molecular weight is 266 g/mol. The molecule has 0 aromatic heterocycles. The van der Waals surface area contributed by atoms with Gasteiger partial charge in [-0.1, -0.05) is 6.42 Å². The minimum Gasteiger partial charge on any atom is -0.450 e. The van der Waals surface area contributed by atoms with E-state index in [1.165, 1.54) is 51.6 Å². The predicted molar refractivity (Wildman–Crippen MR) is 74.1 cm³/mol. The maximum atomic E-state index is 11.7. The van der Waals surface area contributed by atoms with E-state index in [1.807, 2.05) is 11.8 Å². The van der Waals surface area contributed by atoms with E-state index in [0.29, 0.717) is 12.0 Å². The number of piperidine rings is 1. The van der Waals surface area contributed by atoms with Crippen molar-refractivity contribution in [2.75, 3.05) is 32.8 Å². The van der Waals surface area contributed by atoms with Gasteiger partial charge in [0.05, 0.1) is 6.61 Å². The van der Waals surface area contributed by atoms with Crippen LogP contribution in [0.3, 0.4) is 0 Å². The number of likely N-dealkylation sites (tertiary alicyclic amines) is 2. The molecule has 0 N–H and O–H groups in total. The Morgan fingerprint density at radius 2 is 1.95 bits per heavy atom. The summed E-state index contributed by atoms with van der Waals surface area (Å²) in [6, 6.07) is 0.794. The highest BCUT2D eigenvalue weighted by Gasteiger charge is 2.51. The van der Waals surface area contributed by atoms with Gasteiger partial charge >= 0.3 is 6.09 Å². The van der Waals surface area contributed by atoms with Gasteiger partial charge in [0, 0.05) is 19.1 Å². The fraction of sp³-hybridized carbons (Fsp3) is 0.933. The molecule has 0 atom stereocenters. The molecule has 3 rings (SSSR count). The molecule has 0 aromatic rings. The fourth-order valence-electron chi connectivity index (χ4n) is 4.12. The van der Waals surface area contributed by atoms with Gasteiger partial charge in [0.2, 0.25) is 0 Å². The summed E-state index contributed by atoms with van der Waals surface area (Å²) in [5.74, 6) is 0. The maximum absolute atomic E-state index is 11.7. The van der Waals surface area contributed by atoms with E-state index < -0.39 is 0 Å². The van der Waals surface area contributed by atoms with E-state index in [0.717, 1.165) is 19.1 Å². The van der Waals surface area contributed by atoms with Crippen molar-refractivity contribution in [2.24, 2.45) is 5.41 Å². The van der Waals surface area contributed by atoms with Crippen molar-refractivity contribution in [1.29, 1.82) is 0 Å². The zero-order chi connectivity index (χ0) is 13.3. The van der Waals surface area contributed by atoms with Crippen LogP contribution in [-0.2, 0) is 4.74 Å². The predicted octanol–water partition coefficient (Wildman–Crippen LogP) is 2.48. The van der Waals surface area contributed by atoms with E-state index in [2.05, 4.69) is 4.90 Å². The standard InChI is InChI=1S/C15H26N2O2/c1-2-19-14(18)17-9-6-15(12-17)10-13(11-15)16-7-4-3-5-8-16/h13H,2-12H2,1H3. The van der Waals surface area contributed by atoms with Gasteiger partial charge in [-0.15, -0.1) is 0 Å². The molecule has 2 heterocycles. The third-order valence-electron chi connectivity index (χ3n) is 5.21. The van der Waals surface area contributed by atoms with Gasteiger partial charge in [0.25, 0.3) is 0 Å². The lowest BCUT2D eigenvalue weighted by Gasteiger charge is -2.51. The zero-order valence-electron chi connectivity index (χ0n) is 12.1. The van der Waals surface area contributed by atoms with Crippen molar-refractivity contribution in [3.63, 3.8) is 0 Å². The van der Waals surface area contributed by atoms with E-state index in [4.69, 9.17) is 4.74 Å². The summed E-state index contributed by atoms with van der Waals surface area (Å²) in [4.78, 5) is 16.3. The zero-order valence-corrected chi connectivity index (χ0v) is 12.1. The van der Waals surface area contributed by atoms with E-state index in [9.17, 15) is 4.79 Å². The van der Waals surface area contributed by atoms with Crippen molar-refractivity contribution >= 4 is 6.09 Å². The number of ether oxygens (including phenoxy) is 1. The van der Waals surface area contributed by atoms with Crippen LogP contribution < -0.4 is 0 Å². The number of hydrogen-bond donors (Lipinski definition) is 0. The average Bonchev–Trinajstić information content (AvgIpc) is 2.84. The van der Waals surface area contributed by atoms with Gasteiger partial charge < -0.3 is 14.5 Å². The molecule has 3 aliphatic rings. The third-order valence-corrected chi connectivity index (χ3v) is 5.21. The SMILES string of the molecule is CCOC(=O)N1CCC2(CC(N3CCCCC3)C2)C1. The van der Waals surface area contributed by atoms with Gasteiger partial charge in [-0.2, -0.15) is 0 Å². The highest BCUT2D eigenvalue weighted by Crippen LogP contribution is 2.50. The molecule has 4 nitrogen and oxygen atoms in total. The normalized spacial score (nSPS) is 35.4. The molecule has 0 radical (unpaired) electrons. The van der Waals surface area contributed by atoms with Crippen LogP contribution >= 0.6 is 0 Å². The van der Waals surface area contributed by atoms with Gasteiger partial charge in [-0.05, 0) is 57.5 Å². The first-order valence-electron chi connectivity index (χ1n) is 7.88. The van der Waals surface area contributed by atoms with Crippen molar-refractivity contribution in [1.82, 2.24) is 9.80 Å². The van der Waals surface area contributed by atoms with E-state index >= 15 is 0 Å². The molecule has 1 saturated carbocycles. The van der Waals surface area contributed by atoms with E-state index in [-0.39, 0.29) is 6.09 Å². The topological polar surface area (TPSA) is 32.8 Å². The molecule has 1 spiro atoms. The number of hydrogen-bond acceptors (Lipinski definition) is 3. The second-order valence-corrected chi connectivity index (χ2v) is 6.53. The highest BCUT2D eigenvalue weighted by molar-refractivity contribution is 5.68. The molecule has 2 saturated heterocycles. The van der Waals surface area contributed by atoms with Crippen LogP contribution in [0.4, 0.5) is 4.79 Å². The number of amides is 1. The summed E-state index contributed by atoms with van der Waals surface area (Å²) >= 11 is 0. The molecule has 4 heteroatoms. The molecule has 0 aromatic carbocycles. The molecule has 0 bridgehead atoms. The first kappa shape index (κ1) is 13.2. The molecule has 19 heavy (non-hydrogen) atoms. The van der Waals surface area contributed by atoms with Crippen LogP contribution in [0.25, 0.3) is 0 Å². The Morgan fingerprint density at radius 1 is 1.21 bits per heavy atom. The van der Waals surface area contributed by atoms with Crippen molar-refractivity contribution in [3.8, 4) is 0 Å². The Balaban J connectivity index is 1.48. The first-order chi connectivity index (χ1) is 9.22. The highest BCUT2D eigenvalue weighted by atomic mass is 16.6. The first-order valence-corrected chi connectivity index (χ1v) is 7.88. The summed E-state index contributed by atoms with van der Waals surface area (Å²) in [7, 11) is 0. The van der Waals surface area contributed by atoms with Crippen LogP contribution in [0.5, 0.6) is 0 Å².